The highest BCUT2D eigenvalue weighted by molar-refractivity contribution is 5.66. The Labute approximate surface area is 180 Å². The fourth-order valence-electron chi connectivity index (χ4n) is 3.06. The first-order valence-electron chi connectivity index (χ1n) is 9.84. The quantitative estimate of drug-likeness (QED) is 0.509. The van der Waals surface area contributed by atoms with Crippen molar-refractivity contribution in [3.05, 3.63) is 72.2 Å². The number of benzene rings is 1. The van der Waals surface area contributed by atoms with E-state index in [0.29, 0.717) is 34.3 Å². The van der Waals surface area contributed by atoms with Crippen LogP contribution in [0.15, 0.2) is 61.1 Å². The van der Waals surface area contributed by atoms with Crippen LogP contribution in [0.4, 0.5) is 0 Å². The maximum atomic E-state index is 9.35. The smallest absolute Gasteiger partial charge is 0.218 e. The topological polar surface area (TPSA) is 116 Å². The first-order valence-corrected chi connectivity index (χ1v) is 9.84. The molecule has 8 nitrogen and oxygen atoms in total. The van der Waals surface area contributed by atoms with Gasteiger partial charge in [-0.3, -0.25) is 4.98 Å². The summed E-state index contributed by atoms with van der Waals surface area (Å²) in [4.78, 5) is 13.3. The predicted octanol–water partition coefficient (Wildman–Crippen LogP) is 4.01. The van der Waals surface area contributed by atoms with Crippen molar-refractivity contribution >= 4 is 0 Å². The minimum Gasteiger partial charge on any atom is -0.438 e. The molecule has 0 saturated carbocycles. The van der Waals surface area contributed by atoms with E-state index in [4.69, 9.17) is 10.5 Å². The molecule has 3 heterocycles. The molecule has 0 aliphatic rings. The largest absolute Gasteiger partial charge is 0.438 e. The molecule has 0 aliphatic heterocycles. The highest BCUT2D eigenvalue weighted by Crippen LogP contribution is 2.33. The molecule has 0 aliphatic carbocycles. The molecule has 31 heavy (non-hydrogen) atoms. The van der Waals surface area contributed by atoms with Crippen molar-refractivity contribution in [2.45, 2.75) is 19.4 Å². The van der Waals surface area contributed by atoms with Crippen molar-refractivity contribution in [1.29, 1.82) is 5.26 Å². The summed E-state index contributed by atoms with van der Waals surface area (Å²) >= 11 is 0. The van der Waals surface area contributed by atoms with Gasteiger partial charge in [0.05, 0.1) is 22.9 Å². The second-order valence-electron chi connectivity index (χ2n) is 6.99. The van der Waals surface area contributed by atoms with Crippen LogP contribution in [-0.2, 0) is 7.05 Å². The fraction of sp³-hybridized carbons (Fsp3) is 0.174. The second kappa shape index (κ2) is 8.73. The highest BCUT2D eigenvalue weighted by atomic mass is 16.5. The lowest BCUT2D eigenvalue weighted by atomic mass is 10.1. The van der Waals surface area contributed by atoms with Gasteiger partial charge in [0.2, 0.25) is 5.88 Å². The lowest BCUT2D eigenvalue weighted by Gasteiger charge is -2.12. The van der Waals surface area contributed by atoms with E-state index in [1.807, 2.05) is 25.1 Å². The Morgan fingerprint density at radius 2 is 1.90 bits per heavy atom. The zero-order chi connectivity index (χ0) is 21.8. The normalized spacial score (nSPS) is 11.7. The van der Waals surface area contributed by atoms with Crippen LogP contribution in [0, 0.1) is 11.3 Å². The fourth-order valence-corrected chi connectivity index (χ4v) is 3.06. The van der Waals surface area contributed by atoms with Gasteiger partial charge in [-0.15, -0.1) is 0 Å². The van der Waals surface area contributed by atoms with E-state index < -0.39 is 0 Å². The lowest BCUT2D eigenvalue weighted by molar-refractivity contribution is 0.432. The van der Waals surface area contributed by atoms with Crippen LogP contribution in [0.5, 0.6) is 11.6 Å². The number of rotatable bonds is 6. The van der Waals surface area contributed by atoms with Crippen LogP contribution >= 0.6 is 0 Å². The lowest BCUT2D eigenvalue weighted by Crippen LogP contribution is -2.09. The number of ether oxygens (including phenoxy) is 1. The average molecular weight is 411 g/mol. The van der Waals surface area contributed by atoms with E-state index in [2.05, 4.69) is 26.1 Å². The Morgan fingerprint density at radius 1 is 1.10 bits per heavy atom. The number of aromatic nitrogens is 5. The molecule has 0 amide bonds. The van der Waals surface area contributed by atoms with Gasteiger partial charge in [0.25, 0.3) is 0 Å². The minimum atomic E-state index is -0.106. The summed E-state index contributed by atoms with van der Waals surface area (Å²) in [6, 6.07) is 14.6. The third kappa shape index (κ3) is 4.27. The Kier molecular flexibility index (Phi) is 5.69. The van der Waals surface area contributed by atoms with Gasteiger partial charge in [-0.1, -0.05) is 13.0 Å². The molecule has 0 fully saturated rings. The van der Waals surface area contributed by atoms with Gasteiger partial charge in [0.15, 0.2) is 5.82 Å². The van der Waals surface area contributed by atoms with Crippen LogP contribution in [0.25, 0.3) is 22.8 Å². The minimum absolute atomic E-state index is 0.106. The first kappa shape index (κ1) is 20.2. The molecular formula is C23H21N7O. The zero-order valence-electron chi connectivity index (χ0n) is 17.2. The van der Waals surface area contributed by atoms with Crippen molar-refractivity contribution in [3.8, 4) is 40.5 Å². The third-order valence-electron chi connectivity index (χ3n) is 4.87. The molecule has 0 saturated heterocycles. The van der Waals surface area contributed by atoms with Crippen molar-refractivity contribution in [2.24, 2.45) is 12.8 Å². The summed E-state index contributed by atoms with van der Waals surface area (Å²) in [6.07, 6.45) is 5.96. The Balaban J connectivity index is 1.70. The van der Waals surface area contributed by atoms with Crippen molar-refractivity contribution in [2.75, 3.05) is 0 Å². The summed E-state index contributed by atoms with van der Waals surface area (Å²) in [6.45, 7) is 2.01. The molecule has 3 aromatic heterocycles. The Bertz CT molecular complexity index is 1230. The molecule has 1 atom stereocenters. The number of nitrogens with two attached hydrogens (primary N) is 1. The van der Waals surface area contributed by atoms with E-state index >= 15 is 0 Å². The molecular weight excluding hydrogens is 390 g/mol. The van der Waals surface area contributed by atoms with Crippen LogP contribution < -0.4 is 10.5 Å². The second-order valence-corrected chi connectivity index (χ2v) is 6.99. The van der Waals surface area contributed by atoms with Gasteiger partial charge in [0, 0.05) is 43.3 Å². The maximum Gasteiger partial charge on any atom is 0.218 e. The van der Waals surface area contributed by atoms with E-state index in [1.165, 1.54) is 0 Å². The summed E-state index contributed by atoms with van der Waals surface area (Å²) in [7, 11) is 1.78. The standard InChI is InChI=1S/C23H21N7O/c1-3-18(25)16-13-27-23(28-14-16)17-8-7-15(12-24)10-21(17)31-22-11-20(29-30(22)2)19-6-4-5-9-26-19/h4-11,13-14,18H,3,25H2,1-2H3. The molecule has 2 N–H and O–H groups in total. The number of hydrogen-bond donors (Lipinski definition) is 1. The van der Waals surface area contributed by atoms with Crippen molar-refractivity contribution in [3.63, 3.8) is 0 Å². The number of nitrogens with zero attached hydrogens (tertiary/aromatic N) is 6. The van der Waals surface area contributed by atoms with Crippen LogP contribution in [0.3, 0.4) is 0 Å². The molecule has 154 valence electrons. The molecule has 1 aromatic carbocycles. The molecule has 8 heteroatoms. The SMILES string of the molecule is CCC(N)c1cnc(-c2ccc(C#N)cc2Oc2cc(-c3ccccn3)nn2C)nc1. The van der Waals surface area contributed by atoms with Crippen molar-refractivity contribution in [1.82, 2.24) is 24.7 Å². The number of hydrogen-bond acceptors (Lipinski definition) is 7. The summed E-state index contributed by atoms with van der Waals surface area (Å²) in [5.74, 6) is 1.45. The maximum absolute atomic E-state index is 9.35. The van der Waals surface area contributed by atoms with E-state index in [1.54, 1.807) is 54.6 Å². The Morgan fingerprint density at radius 3 is 2.58 bits per heavy atom. The molecule has 0 radical (unpaired) electrons. The van der Waals surface area contributed by atoms with Crippen molar-refractivity contribution < 1.29 is 4.74 Å². The highest BCUT2D eigenvalue weighted by Gasteiger charge is 2.16. The van der Waals surface area contributed by atoms with Gasteiger partial charge in [-0.05, 0) is 36.8 Å². The zero-order valence-corrected chi connectivity index (χ0v) is 17.2. The molecule has 0 bridgehead atoms. The predicted molar refractivity (Wildman–Crippen MR) is 116 cm³/mol. The summed E-state index contributed by atoms with van der Waals surface area (Å²) in [5, 5.41) is 13.8. The van der Waals surface area contributed by atoms with Gasteiger partial charge < -0.3 is 10.5 Å². The molecule has 4 aromatic rings. The third-order valence-corrected chi connectivity index (χ3v) is 4.87. The molecule has 0 spiro atoms. The van der Waals surface area contributed by atoms with Gasteiger partial charge in [-0.25, -0.2) is 14.6 Å². The van der Waals surface area contributed by atoms with E-state index in [0.717, 1.165) is 17.7 Å². The van der Waals surface area contributed by atoms with Gasteiger partial charge >= 0.3 is 0 Å². The van der Waals surface area contributed by atoms with Crippen LogP contribution in [0.1, 0.15) is 30.5 Å². The first-order chi connectivity index (χ1) is 15.1. The van der Waals surface area contributed by atoms with Crippen LogP contribution in [-0.4, -0.2) is 24.7 Å². The Hall–Kier alpha value is -4.09. The van der Waals surface area contributed by atoms with Gasteiger partial charge in [-0.2, -0.15) is 10.4 Å². The monoisotopic (exact) mass is 411 g/mol. The van der Waals surface area contributed by atoms with E-state index in [9.17, 15) is 5.26 Å². The molecule has 1 unspecified atom stereocenters. The average Bonchev–Trinajstić information content (AvgIpc) is 3.19. The summed E-state index contributed by atoms with van der Waals surface area (Å²) in [5.41, 5.74) is 9.49. The van der Waals surface area contributed by atoms with E-state index in [-0.39, 0.29) is 6.04 Å². The number of nitriles is 1. The number of pyridine rings is 1. The summed E-state index contributed by atoms with van der Waals surface area (Å²) < 4.78 is 7.78. The van der Waals surface area contributed by atoms with Crippen LogP contribution in [0.2, 0.25) is 0 Å². The molecule has 4 rings (SSSR count). The number of aryl methyl sites for hydroxylation is 1. The van der Waals surface area contributed by atoms with Gasteiger partial charge in [0.1, 0.15) is 11.4 Å².